The molecule has 0 radical (unpaired) electrons. The predicted octanol–water partition coefficient (Wildman–Crippen LogP) is 3.16. The van der Waals surface area contributed by atoms with Crippen LogP contribution in [0, 0.1) is 20.8 Å². The number of hydrogen-bond acceptors (Lipinski definition) is 6. The van der Waals surface area contributed by atoms with Crippen LogP contribution in [0.15, 0.2) is 6.20 Å². The number of aromatic nitrogens is 5. The van der Waals surface area contributed by atoms with E-state index in [0.29, 0.717) is 17.9 Å². The van der Waals surface area contributed by atoms with Crippen LogP contribution >= 0.6 is 11.3 Å². The Labute approximate surface area is 140 Å². The fourth-order valence-electron chi connectivity index (χ4n) is 2.44. The minimum atomic E-state index is -4.61. The molecule has 24 heavy (non-hydrogen) atoms. The number of rotatable bonds is 3. The lowest BCUT2D eigenvalue weighted by Crippen LogP contribution is -2.21. The van der Waals surface area contributed by atoms with E-state index >= 15 is 0 Å². The highest BCUT2D eigenvalue weighted by Crippen LogP contribution is 2.30. The zero-order valence-electron chi connectivity index (χ0n) is 13.5. The maximum Gasteiger partial charge on any atom is 0.453 e. The first-order chi connectivity index (χ1) is 11.2. The number of anilines is 1. The monoisotopic (exact) mass is 356 g/mol. The van der Waals surface area contributed by atoms with Crippen molar-refractivity contribution >= 4 is 22.8 Å². The van der Waals surface area contributed by atoms with Crippen LogP contribution in [-0.2, 0) is 12.7 Å². The Morgan fingerprint density at radius 2 is 1.88 bits per heavy atom. The highest BCUT2D eigenvalue weighted by Gasteiger charge is 2.38. The Balaban J connectivity index is 2.08. The molecule has 128 valence electrons. The molecular formula is C14H15F3N6S. The molecule has 0 aliphatic rings. The summed E-state index contributed by atoms with van der Waals surface area (Å²) in [5.74, 6) is -0.666. The minimum absolute atomic E-state index is 0.116. The third-order valence-corrected chi connectivity index (χ3v) is 4.64. The molecule has 6 nitrogen and oxygen atoms in total. The topological polar surface area (TPSA) is 59.2 Å². The lowest BCUT2D eigenvalue weighted by atomic mass is 10.2. The molecule has 3 aromatic heterocycles. The van der Waals surface area contributed by atoms with E-state index in [1.165, 1.54) is 0 Å². The third kappa shape index (κ3) is 2.81. The second-order valence-electron chi connectivity index (χ2n) is 5.53. The summed E-state index contributed by atoms with van der Waals surface area (Å²) in [7, 11) is 1.78. The first-order valence-electron chi connectivity index (χ1n) is 7.10. The zero-order chi connectivity index (χ0) is 17.6. The van der Waals surface area contributed by atoms with Crippen molar-refractivity contribution < 1.29 is 13.2 Å². The highest BCUT2D eigenvalue weighted by molar-refractivity contribution is 7.11. The molecule has 3 aromatic rings. The van der Waals surface area contributed by atoms with Crippen LogP contribution in [0.25, 0.3) is 5.65 Å². The fraction of sp³-hybridized carbons (Fsp3) is 0.429. The summed E-state index contributed by atoms with van der Waals surface area (Å²) in [6, 6.07) is 0. The van der Waals surface area contributed by atoms with Gasteiger partial charge < -0.3 is 4.90 Å². The predicted molar refractivity (Wildman–Crippen MR) is 84.2 cm³/mol. The van der Waals surface area contributed by atoms with Crippen LogP contribution in [0.5, 0.6) is 0 Å². The van der Waals surface area contributed by atoms with Crippen LogP contribution in [-0.4, -0.2) is 31.8 Å². The van der Waals surface area contributed by atoms with Gasteiger partial charge in [-0.3, -0.25) is 0 Å². The van der Waals surface area contributed by atoms with E-state index in [9.17, 15) is 13.2 Å². The first kappa shape index (κ1) is 16.6. The molecule has 3 heterocycles. The smallest absolute Gasteiger partial charge is 0.353 e. The molecule has 0 saturated heterocycles. The minimum Gasteiger partial charge on any atom is -0.353 e. The molecule has 0 aliphatic heterocycles. The van der Waals surface area contributed by atoms with Crippen molar-refractivity contribution in [3.8, 4) is 0 Å². The van der Waals surface area contributed by atoms with E-state index in [-0.39, 0.29) is 5.65 Å². The highest BCUT2D eigenvalue weighted by atomic mass is 32.1. The van der Waals surface area contributed by atoms with Crippen LogP contribution in [0.2, 0.25) is 0 Å². The molecule has 0 aliphatic carbocycles. The van der Waals surface area contributed by atoms with Crippen molar-refractivity contribution in [3.05, 3.63) is 33.0 Å². The van der Waals surface area contributed by atoms with Gasteiger partial charge in [-0.05, 0) is 20.8 Å². The molecule has 0 atom stereocenters. The van der Waals surface area contributed by atoms with Crippen molar-refractivity contribution in [2.24, 2.45) is 0 Å². The molecule has 0 spiro atoms. The third-order valence-electron chi connectivity index (χ3n) is 3.75. The van der Waals surface area contributed by atoms with Gasteiger partial charge in [-0.15, -0.1) is 26.6 Å². The summed E-state index contributed by atoms with van der Waals surface area (Å²) >= 11 is 1.54. The van der Waals surface area contributed by atoms with Gasteiger partial charge in [-0.2, -0.15) is 17.7 Å². The van der Waals surface area contributed by atoms with E-state index in [0.717, 1.165) is 20.0 Å². The SMILES string of the molecule is Cc1ncc(CN(C)c2nn3c(C(F)(F)F)nnc3c(C)c2C)s1. The van der Waals surface area contributed by atoms with Crippen LogP contribution < -0.4 is 4.90 Å². The summed E-state index contributed by atoms with van der Waals surface area (Å²) in [4.78, 5) is 7.00. The van der Waals surface area contributed by atoms with E-state index in [1.807, 2.05) is 13.8 Å². The Hall–Kier alpha value is -2.23. The Morgan fingerprint density at radius 1 is 1.17 bits per heavy atom. The number of nitrogens with zero attached hydrogens (tertiary/aromatic N) is 6. The lowest BCUT2D eigenvalue weighted by Gasteiger charge is -2.20. The van der Waals surface area contributed by atoms with Crippen LogP contribution in [0.4, 0.5) is 19.0 Å². The summed E-state index contributed by atoms with van der Waals surface area (Å²) in [6.07, 6.45) is -2.85. The van der Waals surface area contributed by atoms with Crippen LogP contribution in [0.3, 0.4) is 0 Å². The Morgan fingerprint density at radius 3 is 2.46 bits per heavy atom. The number of halogens is 3. The van der Waals surface area contributed by atoms with E-state index < -0.39 is 12.0 Å². The molecule has 0 N–H and O–H groups in total. The second kappa shape index (κ2) is 5.69. The van der Waals surface area contributed by atoms with Crippen molar-refractivity contribution in [1.29, 1.82) is 0 Å². The van der Waals surface area contributed by atoms with E-state index in [2.05, 4.69) is 20.3 Å². The molecule has 0 fully saturated rings. The van der Waals surface area contributed by atoms with Gasteiger partial charge in [0, 0.05) is 29.2 Å². The summed E-state index contributed by atoms with van der Waals surface area (Å²) in [5, 5.41) is 12.0. The van der Waals surface area contributed by atoms with Crippen molar-refractivity contribution in [3.63, 3.8) is 0 Å². The van der Waals surface area contributed by atoms with Gasteiger partial charge in [-0.25, -0.2) is 4.98 Å². The molecule has 0 amide bonds. The maximum absolute atomic E-state index is 13.1. The van der Waals surface area contributed by atoms with Crippen molar-refractivity contribution in [2.45, 2.75) is 33.5 Å². The van der Waals surface area contributed by atoms with Gasteiger partial charge >= 0.3 is 6.18 Å². The fourth-order valence-corrected chi connectivity index (χ4v) is 3.29. The van der Waals surface area contributed by atoms with Gasteiger partial charge in [-0.1, -0.05) is 0 Å². The summed E-state index contributed by atoms with van der Waals surface area (Å²) in [6.45, 7) is 5.94. The maximum atomic E-state index is 13.1. The first-order valence-corrected chi connectivity index (χ1v) is 7.92. The number of thiazole rings is 1. The normalized spacial score (nSPS) is 12.1. The average molecular weight is 356 g/mol. The summed E-state index contributed by atoms with van der Waals surface area (Å²) in [5.41, 5.74) is 1.51. The molecular weight excluding hydrogens is 341 g/mol. The molecule has 0 bridgehead atoms. The van der Waals surface area contributed by atoms with Gasteiger partial charge in [0.15, 0.2) is 11.5 Å². The van der Waals surface area contributed by atoms with Gasteiger partial charge in [0.1, 0.15) is 0 Å². The molecule has 0 saturated carbocycles. The molecule has 10 heteroatoms. The largest absolute Gasteiger partial charge is 0.453 e. The molecule has 0 unspecified atom stereocenters. The van der Waals surface area contributed by atoms with E-state index in [4.69, 9.17) is 0 Å². The second-order valence-corrected chi connectivity index (χ2v) is 6.85. The number of alkyl halides is 3. The van der Waals surface area contributed by atoms with Gasteiger partial charge in [0.2, 0.25) is 0 Å². The molecule has 0 aromatic carbocycles. The average Bonchev–Trinajstić information content (AvgIpc) is 3.08. The quantitative estimate of drug-likeness (QED) is 0.721. The van der Waals surface area contributed by atoms with Crippen LogP contribution in [0.1, 0.15) is 26.8 Å². The van der Waals surface area contributed by atoms with Crippen molar-refractivity contribution in [2.75, 3.05) is 11.9 Å². The number of aryl methyl sites for hydroxylation is 2. The number of fused-ring (bicyclic) bond motifs is 1. The van der Waals surface area contributed by atoms with E-state index in [1.54, 1.807) is 36.4 Å². The Kier molecular flexibility index (Phi) is 3.94. The number of hydrogen-bond donors (Lipinski definition) is 0. The van der Waals surface area contributed by atoms with Gasteiger partial charge in [0.05, 0.1) is 11.6 Å². The zero-order valence-corrected chi connectivity index (χ0v) is 14.3. The van der Waals surface area contributed by atoms with Crippen molar-refractivity contribution in [1.82, 2.24) is 24.8 Å². The summed E-state index contributed by atoms with van der Waals surface area (Å²) < 4.78 is 40.0. The Bertz CT molecular complexity index is 898. The lowest BCUT2D eigenvalue weighted by molar-refractivity contribution is -0.146. The van der Waals surface area contributed by atoms with Gasteiger partial charge in [0.25, 0.3) is 5.82 Å². The molecule has 3 rings (SSSR count). The standard InChI is InChI=1S/C14H15F3N6S/c1-7-8(2)12(22(4)6-10-5-18-9(3)24-10)21-23-11(7)19-20-13(23)14(15,16)17/h5H,6H2,1-4H3.